The third-order valence-electron chi connectivity index (χ3n) is 2.82. The second-order valence-electron chi connectivity index (χ2n) is 5.48. The first kappa shape index (κ1) is 14.3. The molecule has 0 saturated heterocycles. The van der Waals surface area contributed by atoms with Gasteiger partial charge in [0.1, 0.15) is 5.75 Å². The molecule has 0 aromatic heterocycles. The summed E-state index contributed by atoms with van der Waals surface area (Å²) in [5, 5.41) is 12.8. The molecule has 0 bridgehead atoms. The second-order valence-corrected chi connectivity index (χ2v) is 5.48. The van der Waals surface area contributed by atoms with Crippen molar-refractivity contribution < 1.29 is 9.90 Å². The molecule has 0 unspecified atom stereocenters. The van der Waals surface area contributed by atoms with Gasteiger partial charge in [0.2, 0.25) is 5.91 Å². The largest absolute Gasteiger partial charge is 0.507 e. The van der Waals surface area contributed by atoms with Crippen LogP contribution in [0.25, 0.3) is 0 Å². The number of hydrogen-bond donors (Lipinski definition) is 2. The zero-order valence-electron chi connectivity index (χ0n) is 11.5. The molecule has 0 atom stereocenters. The molecule has 2 N–H and O–H groups in total. The Morgan fingerprint density at radius 2 is 2.06 bits per heavy atom. The summed E-state index contributed by atoms with van der Waals surface area (Å²) >= 11 is 0. The molecular formula is C15H21NO2. The number of hydrogen-bond acceptors (Lipinski definition) is 2. The van der Waals surface area contributed by atoms with E-state index in [-0.39, 0.29) is 11.3 Å². The fourth-order valence-corrected chi connectivity index (χ4v) is 1.79. The van der Waals surface area contributed by atoms with Crippen molar-refractivity contribution >= 4 is 5.91 Å². The highest BCUT2D eigenvalue weighted by Gasteiger charge is 2.20. The average Bonchev–Trinajstić information content (AvgIpc) is 2.28. The summed E-state index contributed by atoms with van der Waals surface area (Å²) < 4.78 is 0. The lowest BCUT2D eigenvalue weighted by atomic mass is 9.84. The predicted octanol–water partition coefficient (Wildman–Crippen LogP) is 2.80. The lowest BCUT2D eigenvalue weighted by molar-refractivity contribution is -0.116. The van der Waals surface area contributed by atoms with Crippen molar-refractivity contribution in [2.75, 3.05) is 0 Å². The van der Waals surface area contributed by atoms with Crippen LogP contribution in [0.3, 0.4) is 0 Å². The van der Waals surface area contributed by atoms with Crippen molar-refractivity contribution in [1.29, 1.82) is 0 Å². The molecule has 1 aromatic carbocycles. The number of aromatic hydroxyl groups is 1. The number of amides is 1. The van der Waals surface area contributed by atoms with Crippen molar-refractivity contribution in [1.82, 2.24) is 5.32 Å². The van der Waals surface area contributed by atoms with Gasteiger partial charge >= 0.3 is 0 Å². The normalized spacial score (nSPS) is 11.1. The molecule has 0 radical (unpaired) electrons. The summed E-state index contributed by atoms with van der Waals surface area (Å²) in [5.74, 6) is 0.138. The Labute approximate surface area is 109 Å². The number of carbonyl (C=O) groups excluding carboxylic acids is 1. The molecular weight excluding hydrogens is 226 g/mol. The molecule has 0 aliphatic carbocycles. The maximum atomic E-state index is 11.1. The van der Waals surface area contributed by atoms with E-state index in [9.17, 15) is 9.90 Å². The Morgan fingerprint density at radius 3 is 2.56 bits per heavy atom. The summed E-state index contributed by atoms with van der Waals surface area (Å²) in [6.07, 6.45) is 1.25. The minimum absolute atomic E-state index is 0.132. The standard InChI is InChI=1S/C15H21NO2/c1-6-13(17)16-9-11-7-10(2)14(18)12(8-11)15(3,4)5/h6-8,18H,1,9H2,2-5H3,(H,16,17). The van der Waals surface area contributed by atoms with Gasteiger partial charge in [-0.2, -0.15) is 0 Å². The number of phenolic OH excluding ortho intramolecular Hbond substituents is 1. The van der Waals surface area contributed by atoms with E-state index in [1.165, 1.54) is 6.08 Å². The highest BCUT2D eigenvalue weighted by Crippen LogP contribution is 2.33. The van der Waals surface area contributed by atoms with E-state index in [0.29, 0.717) is 12.3 Å². The molecule has 1 rings (SSSR count). The Kier molecular flexibility index (Phi) is 4.17. The highest BCUT2D eigenvalue weighted by molar-refractivity contribution is 5.86. The van der Waals surface area contributed by atoms with Crippen LogP contribution in [0.4, 0.5) is 0 Å². The van der Waals surface area contributed by atoms with Crippen LogP contribution in [0.15, 0.2) is 24.8 Å². The van der Waals surface area contributed by atoms with E-state index in [0.717, 1.165) is 16.7 Å². The maximum absolute atomic E-state index is 11.1. The molecule has 3 heteroatoms. The quantitative estimate of drug-likeness (QED) is 0.807. The van der Waals surface area contributed by atoms with Crippen LogP contribution in [-0.2, 0) is 16.8 Å². The van der Waals surface area contributed by atoms with Crippen molar-refractivity contribution in [3.8, 4) is 5.75 Å². The van der Waals surface area contributed by atoms with E-state index in [2.05, 4.69) is 11.9 Å². The van der Waals surface area contributed by atoms with Crippen LogP contribution in [-0.4, -0.2) is 11.0 Å². The van der Waals surface area contributed by atoms with Crippen LogP contribution < -0.4 is 5.32 Å². The van der Waals surface area contributed by atoms with Crippen LogP contribution in [0.2, 0.25) is 0 Å². The van der Waals surface area contributed by atoms with Crippen LogP contribution in [0.1, 0.15) is 37.5 Å². The third-order valence-corrected chi connectivity index (χ3v) is 2.82. The molecule has 98 valence electrons. The lowest BCUT2D eigenvalue weighted by Crippen LogP contribution is -2.21. The summed E-state index contributed by atoms with van der Waals surface area (Å²) in [4.78, 5) is 11.1. The number of carbonyl (C=O) groups is 1. The van der Waals surface area contributed by atoms with Gasteiger partial charge in [0, 0.05) is 6.54 Å². The first-order chi connectivity index (χ1) is 8.25. The Hall–Kier alpha value is -1.77. The number of nitrogens with one attached hydrogen (secondary N) is 1. The van der Waals surface area contributed by atoms with E-state index in [4.69, 9.17) is 0 Å². The van der Waals surface area contributed by atoms with Crippen LogP contribution >= 0.6 is 0 Å². The maximum Gasteiger partial charge on any atom is 0.243 e. The van der Waals surface area contributed by atoms with Gasteiger partial charge in [-0.05, 0) is 41.2 Å². The van der Waals surface area contributed by atoms with Gasteiger partial charge in [0.25, 0.3) is 0 Å². The molecule has 1 amide bonds. The summed E-state index contributed by atoms with van der Waals surface area (Å²) in [6.45, 7) is 11.9. The van der Waals surface area contributed by atoms with Crippen molar-refractivity contribution in [2.24, 2.45) is 0 Å². The number of rotatable bonds is 3. The summed E-state index contributed by atoms with van der Waals surface area (Å²) in [7, 11) is 0. The Bertz CT molecular complexity index is 470. The molecule has 0 heterocycles. The third kappa shape index (κ3) is 3.36. The SMILES string of the molecule is C=CC(=O)NCc1cc(C)c(O)c(C(C)(C)C)c1. The van der Waals surface area contributed by atoms with Gasteiger partial charge < -0.3 is 10.4 Å². The minimum atomic E-state index is -0.196. The zero-order chi connectivity index (χ0) is 13.9. The van der Waals surface area contributed by atoms with Gasteiger partial charge in [-0.1, -0.05) is 33.4 Å². The van der Waals surface area contributed by atoms with E-state index >= 15 is 0 Å². The Balaban J connectivity index is 3.05. The fraction of sp³-hybridized carbons (Fsp3) is 0.400. The molecule has 3 nitrogen and oxygen atoms in total. The van der Waals surface area contributed by atoms with Gasteiger partial charge in [-0.25, -0.2) is 0 Å². The fourth-order valence-electron chi connectivity index (χ4n) is 1.79. The molecule has 0 aliphatic heterocycles. The van der Waals surface area contributed by atoms with Crippen molar-refractivity contribution in [3.63, 3.8) is 0 Å². The molecule has 0 aliphatic rings. The Morgan fingerprint density at radius 1 is 1.44 bits per heavy atom. The predicted molar refractivity (Wildman–Crippen MR) is 73.6 cm³/mol. The van der Waals surface area contributed by atoms with Gasteiger partial charge in [-0.15, -0.1) is 0 Å². The number of aryl methyl sites for hydroxylation is 1. The minimum Gasteiger partial charge on any atom is -0.507 e. The lowest BCUT2D eigenvalue weighted by Gasteiger charge is -2.22. The zero-order valence-corrected chi connectivity index (χ0v) is 11.5. The van der Waals surface area contributed by atoms with E-state index in [1.807, 2.05) is 39.8 Å². The molecule has 0 spiro atoms. The van der Waals surface area contributed by atoms with E-state index < -0.39 is 0 Å². The first-order valence-corrected chi connectivity index (χ1v) is 5.99. The van der Waals surface area contributed by atoms with Crippen molar-refractivity contribution in [2.45, 2.75) is 39.7 Å². The highest BCUT2D eigenvalue weighted by atomic mass is 16.3. The van der Waals surface area contributed by atoms with Crippen LogP contribution in [0, 0.1) is 6.92 Å². The number of benzene rings is 1. The van der Waals surface area contributed by atoms with Gasteiger partial charge in [0.15, 0.2) is 0 Å². The molecule has 0 saturated carbocycles. The monoisotopic (exact) mass is 247 g/mol. The first-order valence-electron chi connectivity index (χ1n) is 5.99. The van der Waals surface area contributed by atoms with Crippen molar-refractivity contribution in [3.05, 3.63) is 41.5 Å². The van der Waals surface area contributed by atoms with Gasteiger partial charge in [0.05, 0.1) is 0 Å². The number of phenols is 1. The molecule has 1 aromatic rings. The van der Waals surface area contributed by atoms with E-state index in [1.54, 1.807) is 0 Å². The molecule has 18 heavy (non-hydrogen) atoms. The smallest absolute Gasteiger partial charge is 0.243 e. The average molecular weight is 247 g/mol. The summed E-state index contributed by atoms with van der Waals surface area (Å²) in [6, 6.07) is 3.82. The topological polar surface area (TPSA) is 49.3 Å². The van der Waals surface area contributed by atoms with Crippen LogP contribution in [0.5, 0.6) is 5.75 Å². The summed E-state index contributed by atoms with van der Waals surface area (Å²) in [5.41, 5.74) is 2.56. The van der Waals surface area contributed by atoms with Gasteiger partial charge in [-0.3, -0.25) is 4.79 Å². The second kappa shape index (κ2) is 5.25. The molecule has 0 fully saturated rings.